The predicted molar refractivity (Wildman–Crippen MR) is 97.4 cm³/mol. The second kappa shape index (κ2) is 6.83. The van der Waals surface area contributed by atoms with Gasteiger partial charge in [0.1, 0.15) is 11.6 Å². The van der Waals surface area contributed by atoms with Crippen LogP contribution in [0.4, 0.5) is 14.5 Å². The highest BCUT2D eigenvalue weighted by Crippen LogP contribution is 2.30. The largest absolute Gasteiger partial charge is 0.371 e. The van der Waals surface area contributed by atoms with Crippen molar-refractivity contribution in [3.05, 3.63) is 71.9 Å². The number of Topliss-reactive ketones (excluding diaryl/α,β-unsaturated/α-hetero) is 1. The van der Waals surface area contributed by atoms with Gasteiger partial charge in [-0.05, 0) is 55.3 Å². The number of rotatable bonds is 3. The smallest absolute Gasteiger partial charge is 0.166 e. The lowest BCUT2D eigenvalue weighted by atomic mass is 9.88. The van der Waals surface area contributed by atoms with Gasteiger partial charge in [0.05, 0.1) is 5.52 Å². The van der Waals surface area contributed by atoms with Crippen LogP contribution in [-0.2, 0) is 0 Å². The van der Waals surface area contributed by atoms with Crippen molar-refractivity contribution < 1.29 is 13.6 Å². The fourth-order valence-corrected chi connectivity index (χ4v) is 3.61. The van der Waals surface area contributed by atoms with Crippen LogP contribution in [0.5, 0.6) is 0 Å². The Balaban J connectivity index is 1.50. The molecule has 0 amide bonds. The van der Waals surface area contributed by atoms with Gasteiger partial charge in [0.15, 0.2) is 5.78 Å². The van der Waals surface area contributed by atoms with Crippen molar-refractivity contribution in [2.24, 2.45) is 5.92 Å². The summed E-state index contributed by atoms with van der Waals surface area (Å²) in [6.45, 7) is 1.49. The number of aromatic nitrogens is 1. The van der Waals surface area contributed by atoms with Crippen LogP contribution in [0.15, 0.2) is 54.7 Å². The number of carbonyl (C=O) groups excluding carboxylic acids is 1. The molecule has 3 nitrogen and oxygen atoms in total. The Morgan fingerprint density at radius 3 is 2.38 bits per heavy atom. The van der Waals surface area contributed by atoms with E-state index in [2.05, 4.69) is 9.88 Å². The molecule has 0 aliphatic carbocycles. The fourth-order valence-electron chi connectivity index (χ4n) is 3.61. The van der Waals surface area contributed by atoms with Crippen molar-refractivity contribution in [3.8, 4) is 0 Å². The third-order valence-electron chi connectivity index (χ3n) is 5.02. The van der Waals surface area contributed by atoms with Gasteiger partial charge in [-0.3, -0.25) is 9.78 Å². The molecular formula is C21H18F2N2O. The van der Waals surface area contributed by atoms with Crippen LogP contribution in [0, 0.1) is 17.6 Å². The summed E-state index contributed by atoms with van der Waals surface area (Å²) in [6, 6.07) is 12.3. The first kappa shape index (κ1) is 16.6. The first-order chi connectivity index (χ1) is 12.6. The molecule has 5 heteroatoms. The number of ketones is 1. The first-order valence-electron chi connectivity index (χ1n) is 8.71. The summed E-state index contributed by atoms with van der Waals surface area (Å²) in [5, 5.41) is 0.914. The van der Waals surface area contributed by atoms with Crippen LogP contribution in [0.1, 0.15) is 23.2 Å². The number of piperidine rings is 1. The summed E-state index contributed by atoms with van der Waals surface area (Å²) in [5.41, 5.74) is 2.21. The molecular weight excluding hydrogens is 334 g/mol. The van der Waals surface area contributed by atoms with Gasteiger partial charge in [-0.25, -0.2) is 8.78 Å². The lowest BCUT2D eigenvalue weighted by molar-refractivity contribution is 0.0900. The molecule has 1 saturated heterocycles. The summed E-state index contributed by atoms with van der Waals surface area (Å²) < 4.78 is 26.5. The van der Waals surface area contributed by atoms with Gasteiger partial charge in [0.2, 0.25) is 0 Å². The number of pyridine rings is 1. The molecule has 132 valence electrons. The highest BCUT2D eigenvalue weighted by Gasteiger charge is 2.26. The van der Waals surface area contributed by atoms with E-state index in [0.29, 0.717) is 11.1 Å². The predicted octanol–water partition coefficient (Wildman–Crippen LogP) is 4.61. The fraction of sp³-hybridized carbons (Fsp3) is 0.238. The minimum atomic E-state index is -0.336. The van der Waals surface area contributed by atoms with Crippen LogP contribution in [0.3, 0.4) is 0 Å². The Bertz CT molecular complexity index is 948. The molecule has 0 N–H and O–H groups in total. The maximum Gasteiger partial charge on any atom is 0.166 e. The van der Waals surface area contributed by atoms with Gasteiger partial charge in [0.25, 0.3) is 0 Å². The third kappa shape index (κ3) is 3.17. The average molecular weight is 352 g/mol. The van der Waals surface area contributed by atoms with E-state index in [1.165, 1.54) is 24.3 Å². The van der Waals surface area contributed by atoms with Gasteiger partial charge in [0, 0.05) is 47.9 Å². The van der Waals surface area contributed by atoms with Gasteiger partial charge in [-0.2, -0.15) is 0 Å². The van der Waals surface area contributed by atoms with Crippen LogP contribution >= 0.6 is 0 Å². The highest BCUT2D eigenvalue weighted by atomic mass is 19.1. The van der Waals surface area contributed by atoms with Gasteiger partial charge in [-0.15, -0.1) is 0 Å². The van der Waals surface area contributed by atoms with E-state index in [1.54, 1.807) is 24.4 Å². The molecule has 0 atom stereocenters. The second-order valence-corrected chi connectivity index (χ2v) is 6.62. The molecule has 26 heavy (non-hydrogen) atoms. The van der Waals surface area contributed by atoms with Crippen molar-refractivity contribution in [1.29, 1.82) is 0 Å². The maximum absolute atomic E-state index is 13.4. The highest BCUT2D eigenvalue weighted by molar-refractivity contribution is 5.98. The van der Waals surface area contributed by atoms with Crippen LogP contribution in [0.25, 0.3) is 10.9 Å². The SMILES string of the molecule is O=C(c1ccc(F)cc1)C1CCN(c2ccnc3cc(F)ccc23)CC1. The van der Waals surface area contributed by atoms with E-state index in [-0.39, 0.29) is 23.3 Å². The van der Waals surface area contributed by atoms with Crippen molar-refractivity contribution >= 4 is 22.4 Å². The standard InChI is InChI=1S/C21H18F2N2O/c22-16-3-1-14(2-4-16)21(26)15-8-11-25(12-9-15)20-7-10-24-19-13-17(23)5-6-18(19)20/h1-7,10,13,15H,8-9,11-12H2. The minimum absolute atomic E-state index is 0.0535. The van der Waals surface area contributed by atoms with E-state index >= 15 is 0 Å². The van der Waals surface area contributed by atoms with Crippen molar-refractivity contribution in [2.45, 2.75) is 12.8 Å². The van der Waals surface area contributed by atoms with E-state index < -0.39 is 0 Å². The number of benzene rings is 2. The Morgan fingerprint density at radius 2 is 1.65 bits per heavy atom. The Morgan fingerprint density at radius 1 is 0.962 bits per heavy atom. The average Bonchev–Trinajstić information content (AvgIpc) is 2.67. The topological polar surface area (TPSA) is 33.2 Å². The molecule has 1 aliphatic rings. The summed E-state index contributed by atoms with van der Waals surface area (Å²) in [5.74, 6) is -0.614. The molecule has 1 aromatic heterocycles. The lowest BCUT2D eigenvalue weighted by Crippen LogP contribution is -2.36. The molecule has 2 aromatic carbocycles. The number of hydrogen-bond acceptors (Lipinski definition) is 3. The number of fused-ring (bicyclic) bond motifs is 1. The molecule has 0 radical (unpaired) electrons. The van der Waals surface area contributed by atoms with E-state index in [0.717, 1.165) is 37.0 Å². The Hall–Kier alpha value is -2.82. The van der Waals surface area contributed by atoms with Crippen molar-refractivity contribution in [1.82, 2.24) is 4.98 Å². The monoisotopic (exact) mass is 352 g/mol. The molecule has 2 heterocycles. The third-order valence-corrected chi connectivity index (χ3v) is 5.02. The molecule has 0 saturated carbocycles. The maximum atomic E-state index is 13.4. The quantitative estimate of drug-likeness (QED) is 0.645. The van der Waals surface area contributed by atoms with Crippen LogP contribution in [-0.4, -0.2) is 23.9 Å². The lowest BCUT2D eigenvalue weighted by Gasteiger charge is -2.33. The summed E-state index contributed by atoms with van der Waals surface area (Å²) in [4.78, 5) is 19.1. The molecule has 4 rings (SSSR count). The second-order valence-electron chi connectivity index (χ2n) is 6.62. The van der Waals surface area contributed by atoms with Crippen LogP contribution < -0.4 is 4.90 Å². The summed E-state index contributed by atoms with van der Waals surface area (Å²) >= 11 is 0. The van der Waals surface area contributed by atoms with Crippen molar-refractivity contribution in [3.63, 3.8) is 0 Å². The molecule has 0 unspecified atom stereocenters. The van der Waals surface area contributed by atoms with Crippen LogP contribution in [0.2, 0.25) is 0 Å². The van der Waals surface area contributed by atoms with Gasteiger partial charge >= 0.3 is 0 Å². The summed E-state index contributed by atoms with van der Waals surface area (Å²) in [6.07, 6.45) is 3.16. The molecule has 0 spiro atoms. The summed E-state index contributed by atoms with van der Waals surface area (Å²) in [7, 11) is 0. The zero-order chi connectivity index (χ0) is 18.1. The number of halogens is 2. The Kier molecular flexibility index (Phi) is 4.37. The number of hydrogen-bond donors (Lipinski definition) is 0. The first-order valence-corrected chi connectivity index (χ1v) is 8.71. The minimum Gasteiger partial charge on any atom is -0.371 e. The number of nitrogens with zero attached hydrogens (tertiary/aromatic N) is 2. The number of anilines is 1. The normalized spacial score (nSPS) is 15.4. The molecule has 1 aliphatic heterocycles. The van der Waals surface area contributed by atoms with E-state index in [4.69, 9.17) is 0 Å². The number of carbonyl (C=O) groups is 1. The molecule has 1 fully saturated rings. The Labute approximate surface area is 150 Å². The zero-order valence-corrected chi connectivity index (χ0v) is 14.2. The van der Waals surface area contributed by atoms with Gasteiger partial charge < -0.3 is 4.90 Å². The molecule has 0 bridgehead atoms. The zero-order valence-electron chi connectivity index (χ0n) is 14.2. The van der Waals surface area contributed by atoms with Crippen molar-refractivity contribution in [2.75, 3.05) is 18.0 Å². The molecule has 3 aromatic rings. The van der Waals surface area contributed by atoms with E-state index in [1.807, 2.05) is 6.07 Å². The van der Waals surface area contributed by atoms with E-state index in [9.17, 15) is 13.6 Å². The van der Waals surface area contributed by atoms with Gasteiger partial charge in [-0.1, -0.05) is 0 Å².